The fourth-order valence-corrected chi connectivity index (χ4v) is 2.47. The summed E-state index contributed by atoms with van der Waals surface area (Å²) in [4.78, 5) is 22.8. The summed E-state index contributed by atoms with van der Waals surface area (Å²) in [5, 5.41) is 21.6. The fraction of sp³-hybridized carbons (Fsp3) is 0.615. The molecule has 0 spiro atoms. The van der Waals surface area contributed by atoms with Crippen molar-refractivity contribution in [2.75, 3.05) is 31.1 Å². The third-order valence-corrected chi connectivity index (χ3v) is 3.65. The largest absolute Gasteiger partial charge is 0.503 e. The molecule has 3 rings (SSSR count). The van der Waals surface area contributed by atoms with Gasteiger partial charge < -0.3 is 20.4 Å². The van der Waals surface area contributed by atoms with Crippen molar-refractivity contribution in [1.82, 2.24) is 15.1 Å². The van der Waals surface area contributed by atoms with Crippen LogP contribution in [-0.2, 0) is 0 Å². The standard InChI is InChI=1S/C12H18N4O.CH2O3/c17-12-7-11(15-5-2-6-15)9-14-16(12)10-3-1-4-13-8-10;2-1(3)4/h7,9-10,13H,1-6,8H2;(H2,2,3,4). The van der Waals surface area contributed by atoms with Gasteiger partial charge in [0.15, 0.2) is 0 Å². The van der Waals surface area contributed by atoms with Gasteiger partial charge in [-0.05, 0) is 25.8 Å². The first-order chi connectivity index (χ1) is 10.1. The van der Waals surface area contributed by atoms with Crippen LogP contribution in [0.1, 0.15) is 25.3 Å². The van der Waals surface area contributed by atoms with Gasteiger partial charge in [-0.1, -0.05) is 0 Å². The van der Waals surface area contributed by atoms with Crippen LogP contribution in [0.5, 0.6) is 0 Å². The lowest BCUT2D eigenvalue weighted by Crippen LogP contribution is -2.40. The molecule has 0 amide bonds. The van der Waals surface area contributed by atoms with Gasteiger partial charge in [0.05, 0.1) is 17.9 Å². The molecule has 0 saturated carbocycles. The van der Waals surface area contributed by atoms with Crippen LogP contribution in [0.25, 0.3) is 0 Å². The van der Waals surface area contributed by atoms with Crippen molar-refractivity contribution in [2.45, 2.75) is 25.3 Å². The predicted octanol–water partition coefficient (Wildman–Crippen LogP) is 0.600. The number of hydrogen-bond acceptors (Lipinski definition) is 5. The minimum absolute atomic E-state index is 0.0306. The molecule has 8 heteroatoms. The van der Waals surface area contributed by atoms with Crippen molar-refractivity contribution in [3.63, 3.8) is 0 Å². The highest BCUT2D eigenvalue weighted by Gasteiger charge is 2.19. The van der Waals surface area contributed by atoms with Crippen LogP contribution in [0.4, 0.5) is 10.5 Å². The van der Waals surface area contributed by atoms with Gasteiger partial charge in [0.1, 0.15) is 0 Å². The summed E-state index contributed by atoms with van der Waals surface area (Å²) in [5.41, 5.74) is 1.00. The van der Waals surface area contributed by atoms with E-state index in [4.69, 9.17) is 15.0 Å². The number of piperidine rings is 1. The summed E-state index contributed by atoms with van der Waals surface area (Å²) < 4.78 is 1.63. The lowest BCUT2D eigenvalue weighted by atomic mass is 10.1. The zero-order chi connectivity index (χ0) is 15.2. The lowest BCUT2D eigenvalue weighted by molar-refractivity contribution is 0.137. The van der Waals surface area contributed by atoms with Crippen molar-refractivity contribution in [3.05, 3.63) is 22.6 Å². The number of nitrogens with zero attached hydrogens (tertiary/aromatic N) is 3. The second kappa shape index (κ2) is 7.07. The van der Waals surface area contributed by atoms with E-state index >= 15 is 0 Å². The van der Waals surface area contributed by atoms with Gasteiger partial charge in [0.2, 0.25) is 0 Å². The minimum Gasteiger partial charge on any atom is -0.450 e. The van der Waals surface area contributed by atoms with E-state index in [9.17, 15) is 4.79 Å². The van der Waals surface area contributed by atoms with Gasteiger partial charge in [-0.25, -0.2) is 9.48 Å². The van der Waals surface area contributed by atoms with E-state index in [-0.39, 0.29) is 11.6 Å². The predicted molar refractivity (Wildman–Crippen MR) is 77.1 cm³/mol. The monoisotopic (exact) mass is 296 g/mol. The van der Waals surface area contributed by atoms with Gasteiger partial charge in [-0.2, -0.15) is 5.10 Å². The van der Waals surface area contributed by atoms with Gasteiger partial charge in [-0.3, -0.25) is 4.79 Å². The van der Waals surface area contributed by atoms with Gasteiger partial charge >= 0.3 is 6.16 Å². The lowest BCUT2D eigenvalue weighted by Gasteiger charge is -2.33. The third-order valence-electron chi connectivity index (χ3n) is 3.65. The molecule has 2 saturated heterocycles. The molecule has 1 unspecified atom stereocenters. The summed E-state index contributed by atoms with van der Waals surface area (Å²) in [6.07, 6.45) is 3.38. The Morgan fingerprint density at radius 2 is 2.05 bits per heavy atom. The highest BCUT2D eigenvalue weighted by molar-refractivity contribution is 5.53. The van der Waals surface area contributed by atoms with Crippen molar-refractivity contribution >= 4 is 11.8 Å². The summed E-state index contributed by atoms with van der Waals surface area (Å²) in [6, 6.07) is 1.95. The van der Waals surface area contributed by atoms with Crippen molar-refractivity contribution in [2.24, 2.45) is 0 Å². The Kier molecular flexibility index (Phi) is 5.15. The van der Waals surface area contributed by atoms with Crippen LogP contribution in [0.15, 0.2) is 17.1 Å². The van der Waals surface area contributed by atoms with E-state index in [2.05, 4.69) is 15.3 Å². The average molecular weight is 296 g/mol. The molecule has 0 radical (unpaired) electrons. The number of carboxylic acid groups (broad SMARTS) is 2. The highest BCUT2D eigenvalue weighted by atomic mass is 16.6. The Bertz CT molecular complexity index is 531. The van der Waals surface area contributed by atoms with Gasteiger partial charge in [-0.15, -0.1) is 0 Å². The highest BCUT2D eigenvalue weighted by Crippen LogP contribution is 2.18. The molecule has 116 valence electrons. The van der Waals surface area contributed by atoms with Crippen molar-refractivity contribution in [3.8, 4) is 0 Å². The molecule has 3 N–H and O–H groups in total. The fourth-order valence-electron chi connectivity index (χ4n) is 2.47. The smallest absolute Gasteiger partial charge is 0.450 e. The van der Waals surface area contributed by atoms with Crippen LogP contribution >= 0.6 is 0 Å². The van der Waals surface area contributed by atoms with Crippen LogP contribution in [0, 0.1) is 0 Å². The number of hydrogen-bond donors (Lipinski definition) is 3. The molecule has 2 aliphatic heterocycles. The number of rotatable bonds is 2. The number of carbonyl (C=O) groups is 1. The molecule has 1 aromatic rings. The number of anilines is 1. The zero-order valence-corrected chi connectivity index (χ0v) is 11.7. The Morgan fingerprint density at radius 1 is 1.33 bits per heavy atom. The van der Waals surface area contributed by atoms with Crippen molar-refractivity contribution in [1.29, 1.82) is 0 Å². The molecular weight excluding hydrogens is 276 g/mol. The summed E-state index contributed by atoms with van der Waals surface area (Å²) >= 11 is 0. The van der Waals surface area contributed by atoms with E-state index in [1.807, 2.05) is 6.20 Å². The Morgan fingerprint density at radius 3 is 2.52 bits per heavy atom. The molecule has 21 heavy (non-hydrogen) atoms. The Hall–Kier alpha value is -2.09. The second-order valence-electron chi connectivity index (χ2n) is 5.12. The maximum Gasteiger partial charge on any atom is 0.503 e. The molecule has 0 aliphatic carbocycles. The first-order valence-electron chi connectivity index (χ1n) is 7.04. The molecular formula is C13H20N4O4. The van der Waals surface area contributed by atoms with Crippen molar-refractivity contribution < 1.29 is 15.0 Å². The number of nitrogens with one attached hydrogen (secondary N) is 1. The normalized spacial score (nSPS) is 21.0. The first kappa shape index (κ1) is 15.3. The average Bonchev–Trinajstić information content (AvgIpc) is 2.37. The minimum atomic E-state index is -1.83. The van der Waals surface area contributed by atoms with Crippen LogP contribution in [-0.4, -0.2) is 52.3 Å². The summed E-state index contributed by atoms with van der Waals surface area (Å²) in [6.45, 7) is 4.01. The molecule has 1 atom stereocenters. The van der Waals surface area contributed by atoms with Crippen LogP contribution in [0.3, 0.4) is 0 Å². The molecule has 1 aromatic heterocycles. The molecule has 2 fully saturated rings. The zero-order valence-electron chi connectivity index (χ0n) is 11.7. The van der Waals surface area contributed by atoms with E-state index < -0.39 is 6.16 Å². The molecule has 8 nitrogen and oxygen atoms in total. The summed E-state index contributed by atoms with van der Waals surface area (Å²) in [5.74, 6) is 0. The van der Waals surface area contributed by atoms with Gasteiger partial charge in [0, 0.05) is 25.7 Å². The maximum absolute atomic E-state index is 12.0. The van der Waals surface area contributed by atoms with E-state index in [0.29, 0.717) is 0 Å². The molecule has 0 bridgehead atoms. The molecule has 0 aromatic carbocycles. The quantitative estimate of drug-likeness (QED) is 0.733. The number of aromatic nitrogens is 2. The third kappa shape index (κ3) is 4.19. The molecule has 2 aliphatic rings. The van der Waals surface area contributed by atoms with Crippen LogP contribution in [0.2, 0.25) is 0 Å². The van der Waals surface area contributed by atoms with E-state index in [1.54, 1.807) is 10.7 Å². The molecule has 3 heterocycles. The first-order valence-corrected chi connectivity index (χ1v) is 7.04. The maximum atomic E-state index is 12.0. The van der Waals surface area contributed by atoms with Crippen LogP contribution < -0.4 is 15.8 Å². The topological polar surface area (TPSA) is 108 Å². The van der Waals surface area contributed by atoms with E-state index in [0.717, 1.165) is 44.7 Å². The Balaban J connectivity index is 0.000000361. The summed E-state index contributed by atoms with van der Waals surface area (Å²) in [7, 11) is 0. The van der Waals surface area contributed by atoms with Gasteiger partial charge in [0.25, 0.3) is 5.56 Å². The second-order valence-corrected chi connectivity index (χ2v) is 5.12. The SMILES string of the molecule is O=C(O)O.O=c1cc(N2CCC2)cnn1C1CCCNC1. The van der Waals surface area contributed by atoms with E-state index in [1.165, 1.54) is 6.42 Å². The Labute approximate surface area is 122 Å².